The first-order chi connectivity index (χ1) is 5.58. The maximum atomic E-state index is 10.8. The predicted molar refractivity (Wildman–Crippen MR) is 50.9 cm³/mol. The summed E-state index contributed by atoms with van der Waals surface area (Å²) < 4.78 is 0. The predicted octanol–water partition coefficient (Wildman–Crippen LogP) is 2.96. The van der Waals surface area contributed by atoms with Crippen LogP contribution in [0.1, 0.15) is 40.0 Å². The first-order valence-electron chi connectivity index (χ1n) is 4.78. The Hall–Kier alpha value is -0.590. The van der Waals surface area contributed by atoms with Gasteiger partial charge in [-0.1, -0.05) is 19.4 Å². The molecule has 1 nitrogen and oxygen atoms in total. The fraction of sp³-hybridized carbons (Fsp3) is 0.727. The molecule has 2 unspecified atom stereocenters. The molecule has 1 fully saturated rings. The van der Waals surface area contributed by atoms with Crippen LogP contribution in [0.4, 0.5) is 0 Å². The molecule has 0 radical (unpaired) electrons. The normalized spacial score (nSPS) is 30.1. The van der Waals surface area contributed by atoms with E-state index in [1.54, 1.807) is 6.92 Å². The van der Waals surface area contributed by atoms with E-state index in [2.05, 4.69) is 13.8 Å². The summed E-state index contributed by atoms with van der Waals surface area (Å²) in [5.41, 5.74) is 1.36. The van der Waals surface area contributed by atoms with Gasteiger partial charge in [-0.15, -0.1) is 0 Å². The van der Waals surface area contributed by atoms with E-state index in [-0.39, 0.29) is 5.78 Å². The molecule has 1 saturated carbocycles. The van der Waals surface area contributed by atoms with Crippen LogP contribution in [-0.2, 0) is 4.79 Å². The summed E-state index contributed by atoms with van der Waals surface area (Å²) >= 11 is 0. The summed E-state index contributed by atoms with van der Waals surface area (Å²) in [5.74, 6) is 1.73. The highest BCUT2D eigenvalue weighted by Crippen LogP contribution is 2.31. The van der Waals surface area contributed by atoms with Crippen LogP contribution in [0.3, 0.4) is 0 Å². The molecule has 68 valence electrons. The van der Waals surface area contributed by atoms with Gasteiger partial charge in [-0.2, -0.15) is 0 Å². The topological polar surface area (TPSA) is 17.1 Å². The summed E-state index contributed by atoms with van der Waals surface area (Å²) in [6, 6.07) is 0. The number of ketones is 1. The third kappa shape index (κ3) is 2.80. The average Bonchev–Trinajstić information content (AvgIpc) is 1.81. The zero-order chi connectivity index (χ0) is 9.14. The number of carbonyl (C=O) groups is 1. The van der Waals surface area contributed by atoms with E-state index < -0.39 is 0 Å². The van der Waals surface area contributed by atoms with Crippen molar-refractivity contribution in [2.45, 2.75) is 40.0 Å². The van der Waals surface area contributed by atoms with Crippen LogP contribution >= 0.6 is 0 Å². The number of rotatable bonds is 1. The van der Waals surface area contributed by atoms with Gasteiger partial charge in [0.15, 0.2) is 5.78 Å². The van der Waals surface area contributed by atoms with Crippen molar-refractivity contribution in [3.8, 4) is 0 Å². The second kappa shape index (κ2) is 3.88. The van der Waals surface area contributed by atoms with E-state index in [0.29, 0.717) is 0 Å². The molecule has 0 aromatic rings. The maximum Gasteiger partial charge on any atom is 0.152 e. The van der Waals surface area contributed by atoms with Crippen molar-refractivity contribution in [3.63, 3.8) is 0 Å². The molecule has 0 amide bonds. The van der Waals surface area contributed by atoms with Gasteiger partial charge in [-0.25, -0.2) is 0 Å². The van der Waals surface area contributed by atoms with Crippen LogP contribution in [-0.4, -0.2) is 5.78 Å². The van der Waals surface area contributed by atoms with Gasteiger partial charge < -0.3 is 0 Å². The Bertz CT molecular complexity index is 191. The zero-order valence-corrected chi connectivity index (χ0v) is 8.26. The van der Waals surface area contributed by atoms with E-state index in [4.69, 9.17) is 0 Å². The summed E-state index contributed by atoms with van der Waals surface area (Å²) in [5, 5.41) is 0. The monoisotopic (exact) mass is 166 g/mol. The van der Waals surface area contributed by atoms with E-state index in [1.165, 1.54) is 12.0 Å². The van der Waals surface area contributed by atoms with Gasteiger partial charge in [0.1, 0.15) is 0 Å². The Morgan fingerprint density at radius 1 is 1.33 bits per heavy atom. The quantitative estimate of drug-likeness (QED) is 0.547. The summed E-state index contributed by atoms with van der Waals surface area (Å²) in [6.45, 7) is 6.17. The Kier molecular flexibility index (Phi) is 3.07. The first kappa shape index (κ1) is 9.50. The van der Waals surface area contributed by atoms with Gasteiger partial charge in [0, 0.05) is 0 Å². The largest absolute Gasteiger partial charge is 0.295 e. The van der Waals surface area contributed by atoms with Crippen LogP contribution in [0.2, 0.25) is 0 Å². The molecule has 0 spiro atoms. The van der Waals surface area contributed by atoms with Gasteiger partial charge >= 0.3 is 0 Å². The number of allylic oxidation sites excluding steroid dienone is 2. The molecule has 0 saturated heterocycles. The third-order valence-electron chi connectivity index (χ3n) is 2.43. The highest BCUT2D eigenvalue weighted by molar-refractivity contribution is 5.87. The SMILES string of the molecule is CC(=O)C=C1CC(C)CC(C)C1. The first-order valence-corrected chi connectivity index (χ1v) is 4.78. The van der Waals surface area contributed by atoms with Crippen LogP contribution in [0.15, 0.2) is 11.6 Å². The summed E-state index contributed by atoms with van der Waals surface area (Å²) in [7, 11) is 0. The van der Waals surface area contributed by atoms with Gasteiger partial charge in [0.05, 0.1) is 0 Å². The molecule has 0 aliphatic heterocycles. The summed E-state index contributed by atoms with van der Waals surface area (Å²) in [6.07, 6.45) is 5.40. The molecule has 0 bridgehead atoms. The van der Waals surface area contributed by atoms with E-state index >= 15 is 0 Å². The van der Waals surface area contributed by atoms with Gasteiger partial charge in [0.25, 0.3) is 0 Å². The Labute approximate surface area is 74.9 Å². The smallest absolute Gasteiger partial charge is 0.152 e. The van der Waals surface area contributed by atoms with Crippen molar-refractivity contribution in [2.75, 3.05) is 0 Å². The fourth-order valence-corrected chi connectivity index (χ4v) is 2.24. The highest BCUT2D eigenvalue weighted by atomic mass is 16.1. The molecule has 1 heteroatoms. The minimum absolute atomic E-state index is 0.200. The van der Waals surface area contributed by atoms with E-state index in [9.17, 15) is 4.79 Å². The fourth-order valence-electron chi connectivity index (χ4n) is 2.24. The minimum atomic E-state index is 0.200. The highest BCUT2D eigenvalue weighted by Gasteiger charge is 2.18. The van der Waals surface area contributed by atoms with E-state index in [1.807, 2.05) is 6.08 Å². The van der Waals surface area contributed by atoms with Crippen molar-refractivity contribution in [1.82, 2.24) is 0 Å². The molecule has 1 aliphatic rings. The standard InChI is InChI=1S/C11H18O/c1-8-4-9(2)6-11(5-8)7-10(3)12/h7-9H,4-6H2,1-3H3. The lowest BCUT2D eigenvalue weighted by Gasteiger charge is -2.26. The zero-order valence-electron chi connectivity index (χ0n) is 8.26. The maximum absolute atomic E-state index is 10.8. The molecule has 2 atom stereocenters. The summed E-state index contributed by atoms with van der Waals surface area (Å²) in [4.78, 5) is 10.8. The van der Waals surface area contributed by atoms with Gasteiger partial charge in [-0.3, -0.25) is 4.79 Å². The van der Waals surface area contributed by atoms with Crippen molar-refractivity contribution < 1.29 is 4.79 Å². The lowest BCUT2D eigenvalue weighted by molar-refractivity contribution is -0.112. The van der Waals surface area contributed by atoms with Crippen LogP contribution in [0, 0.1) is 11.8 Å². The molecule has 0 heterocycles. The molecule has 0 aromatic carbocycles. The van der Waals surface area contributed by atoms with Crippen LogP contribution < -0.4 is 0 Å². The number of hydrogen-bond acceptors (Lipinski definition) is 1. The number of carbonyl (C=O) groups excluding carboxylic acids is 1. The van der Waals surface area contributed by atoms with Crippen molar-refractivity contribution in [1.29, 1.82) is 0 Å². The van der Waals surface area contributed by atoms with Crippen molar-refractivity contribution >= 4 is 5.78 Å². The third-order valence-corrected chi connectivity index (χ3v) is 2.43. The van der Waals surface area contributed by atoms with Gasteiger partial charge in [0.2, 0.25) is 0 Å². The Balaban J connectivity index is 2.61. The van der Waals surface area contributed by atoms with Crippen LogP contribution in [0.25, 0.3) is 0 Å². The lowest BCUT2D eigenvalue weighted by atomic mass is 9.80. The molecular weight excluding hydrogens is 148 g/mol. The Morgan fingerprint density at radius 3 is 2.25 bits per heavy atom. The lowest BCUT2D eigenvalue weighted by Crippen LogP contribution is -2.13. The molecule has 1 rings (SSSR count). The molecule has 12 heavy (non-hydrogen) atoms. The number of hydrogen-bond donors (Lipinski definition) is 0. The second-order valence-corrected chi connectivity index (χ2v) is 4.27. The molecular formula is C11H18O. The second-order valence-electron chi connectivity index (χ2n) is 4.27. The van der Waals surface area contributed by atoms with E-state index in [0.717, 1.165) is 24.7 Å². The minimum Gasteiger partial charge on any atom is -0.295 e. The molecule has 0 N–H and O–H groups in total. The van der Waals surface area contributed by atoms with Crippen molar-refractivity contribution in [3.05, 3.63) is 11.6 Å². The average molecular weight is 166 g/mol. The van der Waals surface area contributed by atoms with Crippen molar-refractivity contribution in [2.24, 2.45) is 11.8 Å². The molecule has 0 aromatic heterocycles. The van der Waals surface area contributed by atoms with Crippen LogP contribution in [0.5, 0.6) is 0 Å². The molecule has 1 aliphatic carbocycles. The Morgan fingerprint density at radius 2 is 1.83 bits per heavy atom. The van der Waals surface area contributed by atoms with Gasteiger partial charge in [-0.05, 0) is 44.1 Å².